The van der Waals surface area contributed by atoms with Gasteiger partial charge < -0.3 is 4.74 Å². The van der Waals surface area contributed by atoms with Crippen molar-refractivity contribution in [3.8, 4) is 6.07 Å². The van der Waals surface area contributed by atoms with Gasteiger partial charge in [0.1, 0.15) is 5.82 Å². The van der Waals surface area contributed by atoms with Crippen LogP contribution in [0.4, 0.5) is 10.1 Å². The molecule has 0 N–H and O–H groups in total. The lowest BCUT2D eigenvalue weighted by molar-refractivity contribution is 0.0305. The van der Waals surface area contributed by atoms with E-state index in [1.807, 2.05) is 6.07 Å². The Morgan fingerprint density at radius 3 is 2.64 bits per heavy atom. The molecule has 1 unspecified atom stereocenters. The number of anilines is 1. The van der Waals surface area contributed by atoms with Crippen LogP contribution in [-0.4, -0.2) is 33.4 Å². The molecule has 120 valence electrons. The molecular weight excluding hydrogens is 307 g/mol. The van der Waals surface area contributed by atoms with Gasteiger partial charge in [0.15, 0.2) is 0 Å². The Hall–Kier alpha value is -1.65. The Morgan fingerprint density at radius 1 is 1.32 bits per heavy atom. The number of sulfonamides is 1. The summed E-state index contributed by atoms with van der Waals surface area (Å²) in [6, 6.07) is 7.18. The van der Waals surface area contributed by atoms with Gasteiger partial charge in [-0.2, -0.15) is 5.26 Å². The lowest BCUT2D eigenvalue weighted by Crippen LogP contribution is -2.39. The second kappa shape index (κ2) is 7.56. The average Bonchev–Trinajstić information content (AvgIpc) is 2.50. The van der Waals surface area contributed by atoms with E-state index in [1.54, 1.807) is 0 Å². The van der Waals surface area contributed by atoms with Crippen molar-refractivity contribution in [2.75, 3.05) is 23.2 Å². The van der Waals surface area contributed by atoms with Crippen LogP contribution in [0, 0.1) is 17.1 Å². The van der Waals surface area contributed by atoms with E-state index in [1.165, 1.54) is 28.6 Å². The van der Waals surface area contributed by atoms with Crippen LogP contribution in [0.5, 0.6) is 0 Å². The molecule has 1 aliphatic rings. The van der Waals surface area contributed by atoms with Gasteiger partial charge in [-0.25, -0.2) is 12.8 Å². The molecule has 0 bridgehead atoms. The number of hydrogen-bond donors (Lipinski definition) is 0. The third-order valence-corrected chi connectivity index (χ3v) is 5.41. The monoisotopic (exact) mass is 326 g/mol. The van der Waals surface area contributed by atoms with E-state index >= 15 is 0 Å². The molecule has 0 amide bonds. The quantitative estimate of drug-likeness (QED) is 0.805. The van der Waals surface area contributed by atoms with Crippen LogP contribution in [-0.2, 0) is 14.8 Å². The Labute approximate surface area is 130 Å². The van der Waals surface area contributed by atoms with Gasteiger partial charge in [0.25, 0.3) is 0 Å². The highest BCUT2D eigenvalue weighted by molar-refractivity contribution is 7.92. The maximum absolute atomic E-state index is 13.0. The Kier molecular flexibility index (Phi) is 5.75. The molecule has 1 aromatic carbocycles. The number of ether oxygens (including phenoxy) is 1. The first-order valence-electron chi connectivity index (χ1n) is 7.27. The predicted octanol–water partition coefficient (Wildman–Crippen LogP) is 2.44. The molecule has 0 radical (unpaired) electrons. The molecule has 0 saturated carbocycles. The van der Waals surface area contributed by atoms with Crippen molar-refractivity contribution in [2.24, 2.45) is 0 Å². The van der Waals surface area contributed by atoms with Crippen LogP contribution in [0.15, 0.2) is 24.3 Å². The Balaban J connectivity index is 2.19. The highest BCUT2D eigenvalue weighted by atomic mass is 32.2. The average molecular weight is 326 g/mol. The van der Waals surface area contributed by atoms with Crippen LogP contribution >= 0.6 is 0 Å². The van der Waals surface area contributed by atoms with Crippen LogP contribution in [0.3, 0.4) is 0 Å². The van der Waals surface area contributed by atoms with Crippen molar-refractivity contribution in [1.29, 1.82) is 5.26 Å². The van der Waals surface area contributed by atoms with E-state index in [2.05, 4.69) is 0 Å². The molecule has 0 aromatic heterocycles. The van der Waals surface area contributed by atoms with E-state index in [0.29, 0.717) is 12.3 Å². The van der Waals surface area contributed by atoms with Gasteiger partial charge in [-0.1, -0.05) is 0 Å². The number of benzene rings is 1. The van der Waals surface area contributed by atoms with Gasteiger partial charge in [0.05, 0.1) is 30.0 Å². The maximum atomic E-state index is 13.0. The first-order valence-corrected chi connectivity index (χ1v) is 8.88. The fourth-order valence-electron chi connectivity index (χ4n) is 2.45. The van der Waals surface area contributed by atoms with Gasteiger partial charge in [-0.15, -0.1) is 0 Å². The van der Waals surface area contributed by atoms with Gasteiger partial charge in [-0.3, -0.25) is 4.31 Å². The smallest absolute Gasteiger partial charge is 0.237 e. The summed E-state index contributed by atoms with van der Waals surface area (Å²) in [6.45, 7) is 0.631. The second-order valence-electron chi connectivity index (χ2n) is 5.22. The fraction of sp³-hybridized carbons (Fsp3) is 0.533. The molecule has 1 atom stereocenters. The van der Waals surface area contributed by atoms with Crippen molar-refractivity contribution in [3.05, 3.63) is 30.1 Å². The zero-order valence-electron chi connectivity index (χ0n) is 12.2. The lowest BCUT2D eigenvalue weighted by Gasteiger charge is -2.28. The normalized spacial score (nSPS) is 18.6. The molecule has 0 aliphatic carbocycles. The summed E-state index contributed by atoms with van der Waals surface area (Å²) in [5.74, 6) is -0.549. The summed E-state index contributed by atoms with van der Waals surface area (Å²) in [6.07, 6.45) is 2.38. The molecule has 5 nitrogen and oxygen atoms in total. The molecule has 22 heavy (non-hydrogen) atoms. The SMILES string of the molecule is N#CCCN(c1ccc(F)cc1)S(=O)(=O)CC1CCCCO1. The summed E-state index contributed by atoms with van der Waals surface area (Å²) < 4.78 is 45.0. The van der Waals surface area contributed by atoms with Crippen molar-refractivity contribution in [2.45, 2.75) is 31.8 Å². The van der Waals surface area contributed by atoms with Gasteiger partial charge in [0.2, 0.25) is 10.0 Å². The lowest BCUT2D eigenvalue weighted by atomic mass is 10.1. The molecular formula is C15H19FN2O3S. The van der Waals surface area contributed by atoms with Gasteiger partial charge >= 0.3 is 0 Å². The van der Waals surface area contributed by atoms with Gasteiger partial charge in [-0.05, 0) is 43.5 Å². The summed E-state index contributed by atoms with van der Waals surface area (Å²) in [5.41, 5.74) is 0.368. The third kappa shape index (κ3) is 4.42. The van der Waals surface area contributed by atoms with Gasteiger partial charge in [0, 0.05) is 13.2 Å². The zero-order valence-corrected chi connectivity index (χ0v) is 13.1. The standard InChI is InChI=1S/C15H19FN2O3S/c16-13-5-7-14(8-6-13)18(10-3-9-17)22(19,20)12-15-4-1-2-11-21-15/h5-8,15H,1-4,10-12H2. The molecule has 1 fully saturated rings. The number of nitriles is 1. The fourth-order valence-corrected chi connectivity index (χ4v) is 4.18. The number of rotatable bonds is 6. The highest BCUT2D eigenvalue weighted by Crippen LogP contribution is 2.22. The minimum atomic E-state index is -3.63. The molecule has 1 aromatic rings. The molecule has 2 rings (SSSR count). The van der Waals surface area contributed by atoms with Crippen molar-refractivity contribution in [1.82, 2.24) is 0 Å². The minimum Gasteiger partial charge on any atom is -0.377 e. The molecule has 7 heteroatoms. The highest BCUT2D eigenvalue weighted by Gasteiger charge is 2.28. The largest absolute Gasteiger partial charge is 0.377 e. The molecule has 1 saturated heterocycles. The van der Waals surface area contributed by atoms with Crippen LogP contribution in [0.1, 0.15) is 25.7 Å². The predicted molar refractivity (Wildman–Crippen MR) is 81.4 cm³/mol. The van der Waals surface area contributed by atoms with E-state index < -0.39 is 15.8 Å². The topological polar surface area (TPSA) is 70.4 Å². The van der Waals surface area contributed by atoms with E-state index in [4.69, 9.17) is 10.00 Å². The Morgan fingerprint density at radius 2 is 2.05 bits per heavy atom. The zero-order chi connectivity index (χ0) is 16.0. The summed E-state index contributed by atoms with van der Waals surface area (Å²) >= 11 is 0. The third-order valence-electron chi connectivity index (χ3n) is 3.55. The van der Waals surface area contributed by atoms with Crippen LogP contribution in [0.2, 0.25) is 0 Å². The van der Waals surface area contributed by atoms with Crippen molar-refractivity contribution in [3.63, 3.8) is 0 Å². The van der Waals surface area contributed by atoms with E-state index in [0.717, 1.165) is 19.3 Å². The van der Waals surface area contributed by atoms with E-state index in [9.17, 15) is 12.8 Å². The first kappa shape index (κ1) is 16.7. The summed E-state index contributed by atoms with van der Waals surface area (Å²) in [5, 5.41) is 8.74. The Bertz CT molecular complexity index is 619. The number of hydrogen-bond acceptors (Lipinski definition) is 4. The van der Waals surface area contributed by atoms with Crippen LogP contribution < -0.4 is 4.31 Å². The van der Waals surface area contributed by atoms with Crippen molar-refractivity contribution < 1.29 is 17.5 Å². The minimum absolute atomic E-state index is 0.0528. The molecule has 1 heterocycles. The molecule has 0 spiro atoms. The number of halogens is 1. The summed E-state index contributed by atoms with van der Waals surface area (Å²) in [4.78, 5) is 0. The van der Waals surface area contributed by atoms with E-state index in [-0.39, 0.29) is 24.8 Å². The maximum Gasteiger partial charge on any atom is 0.237 e. The first-order chi connectivity index (χ1) is 10.5. The van der Waals surface area contributed by atoms with Crippen molar-refractivity contribution >= 4 is 15.7 Å². The summed E-state index contributed by atoms with van der Waals surface area (Å²) in [7, 11) is -3.63. The molecule has 1 aliphatic heterocycles. The number of nitrogens with zero attached hydrogens (tertiary/aromatic N) is 2. The second-order valence-corrected chi connectivity index (χ2v) is 7.16. The van der Waals surface area contributed by atoms with Crippen LogP contribution in [0.25, 0.3) is 0 Å².